The van der Waals surface area contributed by atoms with Crippen molar-refractivity contribution in [3.05, 3.63) is 0 Å². The van der Waals surface area contributed by atoms with Gasteiger partial charge in [0, 0.05) is 12.1 Å². The predicted octanol–water partition coefficient (Wildman–Crippen LogP) is 2.38. The molecule has 2 nitrogen and oxygen atoms in total. The Morgan fingerprint density at radius 3 is 2.29 bits per heavy atom. The van der Waals surface area contributed by atoms with E-state index in [0.717, 1.165) is 18.6 Å². The molecule has 0 aromatic heterocycles. The van der Waals surface area contributed by atoms with Gasteiger partial charge < -0.3 is 5.73 Å². The maximum absolute atomic E-state index is 5.49. The highest BCUT2D eigenvalue weighted by atomic mass is 15.2. The van der Waals surface area contributed by atoms with Gasteiger partial charge in [0.1, 0.15) is 0 Å². The number of hydrogen-bond donors (Lipinski definition) is 1. The van der Waals surface area contributed by atoms with Crippen LogP contribution in [0.5, 0.6) is 0 Å². The molecule has 0 saturated carbocycles. The Labute approximate surface area is 88.8 Å². The number of likely N-dealkylation sites (tertiary alicyclic amines) is 1. The van der Waals surface area contributed by atoms with Crippen LogP contribution in [0.3, 0.4) is 0 Å². The van der Waals surface area contributed by atoms with Crippen LogP contribution in [-0.4, -0.2) is 30.1 Å². The van der Waals surface area contributed by atoms with Crippen molar-refractivity contribution in [2.45, 2.75) is 64.5 Å². The van der Waals surface area contributed by atoms with Crippen LogP contribution in [0.25, 0.3) is 0 Å². The molecule has 14 heavy (non-hydrogen) atoms. The van der Waals surface area contributed by atoms with E-state index in [1.54, 1.807) is 0 Å². The minimum absolute atomic E-state index is 0.802. The van der Waals surface area contributed by atoms with Crippen molar-refractivity contribution < 1.29 is 0 Å². The summed E-state index contributed by atoms with van der Waals surface area (Å²) in [7, 11) is 0. The van der Waals surface area contributed by atoms with E-state index in [1.165, 1.54) is 45.1 Å². The van der Waals surface area contributed by atoms with E-state index in [1.807, 2.05) is 0 Å². The Morgan fingerprint density at radius 2 is 1.71 bits per heavy atom. The first-order valence-corrected chi connectivity index (χ1v) is 6.21. The van der Waals surface area contributed by atoms with E-state index in [-0.39, 0.29) is 0 Å². The summed E-state index contributed by atoms with van der Waals surface area (Å²) in [6, 6.07) is 1.60. The van der Waals surface area contributed by atoms with Gasteiger partial charge in [-0.2, -0.15) is 0 Å². The summed E-state index contributed by atoms with van der Waals surface area (Å²) in [5, 5.41) is 0. The van der Waals surface area contributed by atoms with Gasteiger partial charge in [-0.05, 0) is 52.6 Å². The van der Waals surface area contributed by atoms with Crippen molar-refractivity contribution in [1.82, 2.24) is 4.90 Å². The molecule has 0 radical (unpaired) electrons. The molecule has 2 heteroatoms. The molecule has 2 N–H and O–H groups in total. The van der Waals surface area contributed by atoms with Gasteiger partial charge in [0.25, 0.3) is 0 Å². The molecule has 1 aliphatic rings. The van der Waals surface area contributed by atoms with Crippen LogP contribution in [0.2, 0.25) is 0 Å². The fraction of sp³-hybridized carbons (Fsp3) is 1.00. The molecule has 0 bridgehead atoms. The second kappa shape index (κ2) is 6.41. The molecule has 0 aromatic rings. The van der Waals surface area contributed by atoms with Gasteiger partial charge in [0.15, 0.2) is 0 Å². The van der Waals surface area contributed by atoms with Crippen LogP contribution >= 0.6 is 0 Å². The number of hydrogen-bond acceptors (Lipinski definition) is 2. The summed E-state index contributed by atoms with van der Waals surface area (Å²) < 4.78 is 0. The quantitative estimate of drug-likeness (QED) is 0.687. The molecule has 0 aliphatic carbocycles. The van der Waals surface area contributed by atoms with Crippen LogP contribution in [-0.2, 0) is 0 Å². The molecule has 0 aromatic carbocycles. The Morgan fingerprint density at radius 1 is 1.07 bits per heavy atom. The van der Waals surface area contributed by atoms with Crippen molar-refractivity contribution in [2.24, 2.45) is 5.73 Å². The van der Waals surface area contributed by atoms with Crippen LogP contribution < -0.4 is 5.73 Å². The van der Waals surface area contributed by atoms with E-state index in [0.29, 0.717) is 0 Å². The average molecular weight is 198 g/mol. The van der Waals surface area contributed by atoms with Crippen molar-refractivity contribution in [3.63, 3.8) is 0 Å². The third-order valence-electron chi connectivity index (χ3n) is 3.50. The van der Waals surface area contributed by atoms with Crippen LogP contribution in [0.15, 0.2) is 0 Å². The molecule has 2 atom stereocenters. The van der Waals surface area contributed by atoms with Crippen molar-refractivity contribution in [3.8, 4) is 0 Å². The third kappa shape index (κ3) is 3.58. The topological polar surface area (TPSA) is 29.3 Å². The Hall–Kier alpha value is -0.0800. The molecular weight excluding hydrogens is 172 g/mol. The lowest BCUT2D eigenvalue weighted by Crippen LogP contribution is -2.44. The van der Waals surface area contributed by atoms with Crippen molar-refractivity contribution in [2.75, 3.05) is 13.1 Å². The summed E-state index contributed by atoms with van der Waals surface area (Å²) in [6.07, 6.45) is 8.01. The number of rotatable bonds is 5. The highest BCUT2D eigenvalue weighted by Crippen LogP contribution is 2.22. The Kier molecular flexibility index (Phi) is 5.49. The van der Waals surface area contributed by atoms with E-state index < -0.39 is 0 Å². The van der Waals surface area contributed by atoms with Gasteiger partial charge in [-0.15, -0.1) is 0 Å². The molecule has 0 spiro atoms. The monoisotopic (exact) mass is 198 g/mol. The molecule has 1 heterocycles. The SMILES string of the molecule is C[C@@H]1CCC[C@H](C)N1CCCCCN. The first-order chi connectivity index (χ1) is 6.75. The number of nitrogens with zero attached hydrogens (tertiary/aromatic N) is 1. The number of nitrogens with two attached hydrogens (primary N) is 1. The normalized spacial score (nSPS) is 29.4. The number of unbranched alkanes of at least 4 members (excludes halogenated alkanes) is 2. The van der Waals surface area contributed by atoms with Crippen LogP contribution in [0.4, 0.5) is 0 Å². The zero-order chi connectivity index (χ0) is 10.4. The van der Waals surface area contributed by atoms with Gasteiger partial charge in [0.2, 0.25) is 0 Å². The molecule has 84 valence electrons. The van der Waals surface area contributed by atoms with Crippen LogP contribution in [0, 0.1) is 0 Å². The first-order valence-electron chi connectivity index (χ1n) is 6.21. The molecule has 1 aliphatic heterocycles. The molecule has 1 fully saturated rings. The minimum atomic E-state index is 0.802. The average Bonchev–Trinajstić information content (AvgIpc) is 2.16. The van der Waals surface area contributed by atoms with Crippen LogP contribution in [0.1, 0.15) is 52.4 Å². The van der Waals surface area contributed by atoms with Gasteiger partial charge in [-0.25, -0.2) is 0 Å². The lowest BCUT2D eigenvalue weighted by atomic mass is 9.97. The van der Waals surface area contributed by atoms with E-state index in [2.05, 4.69) is 18.7 Å². The first kappa shape index (κ1) is 12.0. The Bertz CT molecular complexity index is 137. The maximum Gasteiger partial charge on any atom is 0.00697 e. The van der Waals surface area contributed by atoms with Gasteiger partial charge in [-0.1, -0.05) is 12.8 Å². The summed E-state index contributed by atoms with van der Waals surface area (Å²) in [6.45, 7) is 6.88. The standard InChI is InChI=1S/C12H26N2/c1-11-7-6-8-12(2)14(11)10-5-3-4-9-13/h11-12H,3-10,13H2,1-2H3/t11-,12+. The number of piperidine rings is 1. The fourth-order valence-corrected chi connectivity index (χ4v) is 2.53. The molecule has 0 unspecified atom stereocenters. The van der Waals surface area contributed by atoms with Crippen molar-refractivity contribution in [1.29, 1.82) is 0 Å². The minimum Gasteiger partial charge on any atom is -0.330 e. The summed E-state index contributed by atoms with van der Waals surface area (Å²) in [5.41, 5.74) is 5.49. The zero-order valence-corrected chi connectivity index (χ0v) is 9.84. The predicted molar refractivity (Wildman–Crippen MR) is 62.4 cm³/mol. The van der Waals surface area contributed by atoms with Gasteiger partial charge in [-0.3, -0.25) is 4.90 Å². The lowest BCUT2D eigenvalue weighted by Gasteiger charge is -2.39. The molecule has 1 saturated heterocycles. The highest BCUT2D eigenvalue weighted by Gasteiger charge is 2.23. The van der Waals surface area contributed by atoms with Crippen molar-refractivity contribution >= 4 is 0 Å². The smallest absolute Gasteiger partial charge is 0.00697 e. The summed E-state index contributed by atoms with van der Waals surface area (Å²) in [4.78, 5) is 2.68. The van der Waals surface area contributed by atoms with E-state index in [9.17, 15) is 0 Å². The van der Waals surface area contributed by atoms with E-state index in [4.69, 9.17) is 5.73 Å². The zero-order valence-electron chi connectivity index (χ0n) is 9.84. The fourth-order valence-electron chi connectivity index (χ4n) is 2.53. The van der Waals surface area contributed by atoms with Gasteiger partial charge >= 0.3 is 0 Å². The largest absolute Gasteiger partial charge is 0.330 e. The lowest BCUT2D eigenvalue weighted by molar-refractivity contribution is 0.101. The molecular formula is C12H26N2. The highest BCUT2D eigenvalue weighted by molar-refractivity contribution is 4.79. The Balaban J connectivity index is 2.19. The third-order valence-corrected chi connectivity index (χ3v) is 3.50. The summed E-state index contributed by atoms with van der Waals surface area (Å²) in [5.74, 6) is 0. The molecule has 1 rings (SSSR count). The second-order valence-corrected chi connectivity index (χ2v) is 4.72. The molecule has 0 amide bonds. The van der Waals surface area contributed by atoms with Gasteiger partial charge in [0.05, 0.1) is 0 Å². The second-order valence-electron chi connectivity index (χ2n) is 4.72. The summed E-state index contributed by atoms with van der Waals surface area (Å²) >= 11 is 0. The maximum atomic E-state index is 5.49. The van der Waals surface area contributed by atoms with E-state index >= 15 is 0 Å².